The summed E-state index contributed by atoms with van der Waals surface area (Å²) in [5.74, 6) is 0.496. The van der Waals surface area contributed by atoms with Crippen molar-refractivity contribution in [1.29, 1.82) is 0 Å². The summed E-state index contributed by atoms with van der Waals surface area (Å²) in [7, 11) is 0. The van der Waals surface area contributed by atoms with Crippen molar-refractivity contribution in [2.24, 2.45) is 0 Å². The van der Waals surface area contributed by atoms with E-state index in [1.54, 1.807) is 35.6 Å². The Bertz CT molecular complexity index is 920. The van der Waals surface area contributed by atoms with Crippen LogP contribution in [0.25, 0.3) is 5.82 Å². The van der Waals surface area contributed by atoms with Crippen LogP contribution in [0, 0.1) is 0 Å². The van der Waals surface area contributed by atoms with Crippen molar-refractivity contribution in [2.75, 3.05) is 0 Å². The van der Waals surface area contributed by atoms with Crippen molar-refractivity contribution in [1.82, 2.24) is 25.1 Å². The smallest absolute Gasteiger partial charge is 0.251 e. The number of carbonyl (C=O) groups is 1. The second-order valence-corrected chi connectivity index (χ2v) is 6.70. The third kappa shape index (κ3) is 3.35. The lowest BCUT2D eigenvalue weighted by Crippen LogP contribution is -2.27. The van der Waals surface area contributed by atoms with Crippen molar-refractivity contribution >= 4 is 5.91 Å². The summed E-state index contributed by atoms with van der Waals surface area (Å²) in [6.07, 6.45) is 9.55. The molecule has 132 valence electrons. The lowest BCUT2D eigenvalue weighted by Gasteiger charge is -2.20. The predicted molar refractivity (Wildman–Crippen MR) is 98.1 cm³/mol. The number of carbonyl (C=O) groups excluding carboxylic acids is 1. The van der Waals surface area contributed by atoms with Gasteiger partial charge in [0.2, 0.25) is 0 Å². The Morgan fingerprint density at radius 2 is 1.85 bits per heavy atom. The van der Waals surface area contributed by atoms with Crippen LogP contribution in [0.15, 0.2) is 49.2 Å². The minimum absolute atomic E-state index is 0.0544. The monoisotopic (exact) mass is 347 g/mol. The van der Waals surface area contributed by atoms with Gasteiger partial charge in [-0.1, -0.05) is 18.2 Å². The van der Waals surface area contributed by atoms with Gasteiger partial charge in [-0.15, -0.1) is 10.2 Å². The van der Waals surface area contributed by atoms with Crippen LogP contribution in [0.3, 0.4) is 0 Å². The second-order valence-electron chi connectivity index (χ2n) is 6.70. The van der Waals surface area contributed by atoms with Crippen LogP contribution in [0.1, 0.15) is 52.9 Å². The van der Waals surface area contributed by atoms with Crippen molar-refractivity contribution < 1.29 is 4.79 Å². The van der Waals surface area contributed by atoms with E-state index in [1.807, 2.05) is 6.92 Å². The zero-order chi connectivity index (χ0) is 17.9. The summed E-state index contributed by atoms with van der Waals surface area (Å²) in [6.45, 7) is 2.02. The average Bonchev–Trinajstić information content (AvgIpc) is 3.22. The Morgan fingerprint density at radius 3 is 2.65 bits per heavy atom. The SMILES string of the molecule is CC(NC(=O)c1ccnc(-n2cnnc2)c1)c1ccc2c(c1)CCCC2. The number of hydrogen-bond acceptors (Lipinski definition) is 4. The summed E-state index contributed by atoms with van der Waals surface area (Å²) in [4.78, 5) is 16.9. The quantitative estimate of drug-likeness (QED) is 0.787. The van der Waals surface area contributed by atoms with Gasteiger partial charge in [-0.05, 0) is 61.4 Å². The van der Waals surface area contributed by atoms with Gasteiger partial charge in [-0.2, -0.15) is 0 Å². The lowest BCUT2D eigenvalue weighted by atomic mass is 9.89. The molecule has 0 saturated heterocycles. The number of fused-ring (bicyclic) bond motifs is 1. The molecule has 1 N–H and O–H groups in total. The third-order valence-corrected chi connectivity index (χ3v) is 4.91. The summed E-state index contributed by atoms with van der Waals surface area (Å²) in [6, 6.07) is 9.98. The van der Waals surface area contributed by atoms with Crippen LogP contribution < -0.4 is 5.32 Å². The number of aryl methyl sites for hydroxylation is 2. The molecule has 2 heterocycles. The number of amides is 1. The average molecular weight is 347 g/mol. The second kappa shape index (κ2) is 7.07. The Balaban J connectivity index is 1.50. The number of aromatic nitrogens is 4. The van der Waals surface area contributed by atoms with Crippen molar-refractivity contribution in [3.05, 3.63) is 71.4 Å². The molecule has 1 unspecified atom stereocenters. The van der Waals surface area contributed by atoms with Gasteiger partial charge in [0.25, 0.3) is 5.91 Å². The van der Waals surface area contributed by atoms with Crippen LogP contribution >= 0.6 is 0 Å². The maximum atomic E-state index is 12.7. The predicted octanol–water partition coefficient (Wildman–Crippen LogP) is 3.03. The van der Waals surface area contributed by atoms with Gasteiger partial charge in [0, 0.05) is 11.8 Å². The Hall–Kier alpha value is -3.02. The highest BCUT2D eigenvalue weighted by atomic mass is 16.1. The molecule has 0 radical (unpaired) electrons. The molecule has 0 spiro atoms. The van der Waals surface area contributed by atoms with Gasteiger partial charge >= 0.3 is 0 Å². The van der Waals surface area contributed by atoms with E-state index in [2.05, 4.69) is 38.7 Å². The highest BCUT2D eigenvalue weighted by Crippen LogP contribution is 2.25. The zero-order valence-corrected chi connectivity index (χ0v) is 14.7. The number of rotatable bonds is 4. The van der Waals surface area contributed by atoms with Gasteiger partial charge in [-0.3, -0.25) is 9.36 Å². The van der Waals surface area contributed by atoms with E-state index < -0.39 is 0 Å². The number of nitrogens with one attached hydrogen (secondary N) is 1. The maximum absolute atomic E-state index is 12.7. The molecule has 3 aromatic rings. The minimum Gasteiger partial charge on any atom is -0.346 e. The molecule has 1 amide bonds. The molecule has 26 heavy (non-hydrogen) atoms. The van der Waals surface area contributed by atoms with Gasteiger partial charge < -0.3 is 5.32 Å². The molecule has 1 aliphatic carbocycles. The minimum atomic E-state index is -0.119. The van der Waals surface area contributed by atoms with Gasteiger partial charge in [0.1, 0.15) is 18.5 Å². The first-order valence-corrected chi connectivity index (χ1v) is 8.94. The Morgan fingerprint density at radius 1 is 1.08 bits per heavy atom. The van der Waals surface area contributed by atoms with Crippen LogP contribution in [0.5, 0.6) is 0 Å². The number of benzene rings is 1. The molecule has 6 nitrogen and oxygen atoms in total. The van der Waals surface area contributed by atoms with Crippen LogP contribution in [-0.2, 0) is 12.8 Å². The summed E-state index contributed by atoms with van der Waals surface area (Å²) in [5, 5.41) is 10.6. The highest BCUT2D eigenvalue weighted by Gasteiger charge is 2.15. The van der Waals surface area contributed by atoms with Crippen molar-refractivity contribution in [3.63, 3.8) is 0 Å². The van der Waals surface area contributed by atoms with E-state index in [1.165, 1.54) is 30.4 Å². The van der Waals surface area contributed by atoms with Crippen LogP contribution in [-0.4, -0.2) is 25.7 Å². The fourth-order valence-electron chi connectivity index (χ4n) is 3.41. The highest BCUT2D eigenvalue weighted by molar-refractivity contribution is 5.94. The summed E-state index contributed by atoms with van der Waals surface area (Å²) in [5.41, 5.74) is 4.58. The number of nitrogens with zero attached hydrogens (tertiary/aromatic N) is 4. The normalized spacial score (nSPS) is 14.5. The van der Waals surface area contributed by atoms with E-state index in [4.69, 9.17) is 0 Å². The van der Waals surface area contributed by atoms with Gasteiger partial charge in [0.15, 0.2) is 0 Å². The van der Waals surface area contributed by atoms with Crippen molar-refractivity contribution in [2.45, 2.75) is 38.6 Å². The molecule has 0 saturated carbocycles. The van der Waals surface area contributed by atoms with E-state index >= 15 is 0 Å². The van der Waals surface area contributed by atoms with E-state index in [0.29, 0.717) is 11.4 Å². The van der Waals surface area contributed by atoms with E-state index in [0.717, 1.165) is 12.0 Å². The molecule has 4 rings (SSSR count). The molecule has 1 aromatic carbocycles. The first-order valence-electron chi connectivity index (χ1n) is 8.94. The summed E-state index contributed by atoms with van der Waals surface area (Å²) >= 11 is 0. The Labute approximate surface area is 152 Å². The van der Waals surface area contributed by atoms with E-state index in [9.17, 15) is 4.79 Å². The molecular formula is C20H21N5O. The maximum Gasteiger partial charge on any atom is 0.251 e. The summed E-state index contributed by atoms with van der Waals surface area (Å²) < 4.78 is 1.67. The molecule has 0 aliphatic heterocycles. The third-order valence-electron chi connectivity index (χ3n) is 4.91. The van der Waals surface area contributed by atoms with Gasteiger partial charge in [0.05, 0.1) is 6.04 Å². The molecule has 1 atom stereocenters. The first kappa shape index (κ1) is 16.4. The van der Waals surface area contributed by atoms with Crippen LogP contribution in [0.2, 0.25) is 0 Å². The molecular weight excluding hydrogens is 326 g/mol. The zero-order valence-electron chi connectivity index (χ0n) is 14.7. The first-order chi connectivity index (χ1) is 12.7. The molecule has 0 fully saturated rings. The number of pyridine rings is 1. The Kier molecular flexibility index (Phi) is 4.48. The molecule has 2 aromatic heterocycles. The lowest BCUT2D eigenvalue weighted by molar-refractivity contribution is 0.0939. The standard InChI is InChI=1S/C20H21N5O/c1-14(16-7-6-15-4-2-3-5-17(15)10-16)24-20(26)18-8-9-21-19(11-18)25-12-22-23-13-25/h6-14H,2-5H2,1H3,(H,24,26). The topological polar surface area (TPSA) is 72.7 Å². The molecule has 0 bridgehead atoms. The van der Waals surface area contributed by atoms with Crippen molar-refractivity contribution in [3.8, 4) is 5.82 Å². The van der Waals surface area contributed by atoms with E-state index in [-0.39, 0.29) is 11.9 Å². The van der Waals surface area contributed by atoms with Crippen LogP contribution in [0.4, 0.5) is 0 Å². The van der Waals surface area contributed by atoms with Gasteiger partial charge in [-0.25, -0.2) is 4.98 Å². The fraction of sp³-hybridized carbons (Fsp3) is 0.300. The fourth-order valence-corrected chi connectivity index (χ4v) is 3.41. The number of hydrogen-bond donors (Lipinski definition) is 1. The molecule has 6 heteroatoms. The molecule has 1 aliphatic rings. The largest absolute Gasteiger partial charge is 0.346 e.